The molecule has 256 valence electrons. The van der Waals surface area contributed by atoms with Crippen molar-refractivity contribution in [3.63, 3.8) is 0 Å². The van der Waals surface area contributed by atoms with Gasteiger partial charge in [-0.3, -0.25) is 14.4 Å². The van der Waals surface area contributed by atoms with E-state index >= 15 is 0 Å². The Bertz CT molecular complexity index is 1620. The summed E-state index contributed by atoms with van der Waals surface area (Å²) >= 11 is 0. The molecule has 0 bridgehead atoms. The molecular formula is C37H43NO10. The van der Waals surface area contributed by atoms with Crippen LogP contribution in [0.5, 0.6) is 23.0 Å². The summed E-state index contributed by atoms with van der Waals surface area (Å²) < 4.78 is 29.7. The number of ether oxygens (including phenoxy) is 5. The van der Waals surface area contributed by atoms with Gasteiger partial charge in [0.1, 0.15) is 29.1 Å². The lowest BCUT2D eigenvalue weighted by Gasteiger charge is -2.37. The van der Waals surface area contributed by atoms with Crippen molar-refractivity contribution in [2.24, 2.45) is 10.8 Å². The van der Waals surface area contributed by atoms with Crippen molar-refractivity contribution < 1.29 is 48.3 Å². The molecular weight excluding hydrogens is 618 g/mol. The summed E-state index contributed by atoms with van der Waals surface area (Å²) in [5, 5.41) is 21.1. The van der Waals surface area contributed by atoms with Crippen LogP contribution in [0.3, 0.4) is 0 Å². The number of fused-ring (bicyclic) bond motifs is 6. The molecule has 1 spiro atoms. The van der Waals surface area contributed by atoms with E-state index < -0.39 is 34.5 Å². The maximum absolute atomic E-state index is 13.0. The first-order valence-electron chi connectivity index (χ1n) is 16.0. The number of carbonyl (C=O) groups is 3. The summed E-state index contributed by atoms with van der Waals surface area (Å²) in [5.41, 5.74) is 0.917. The van der Waals surface area contributed by atoms with Gasteiger partial charge in [0, 0.05) is 42.0 Å². The first-order valence-corrected chi connectivity index (χ1v) is 16.0. The van der Waals surface area contributed by atoms with Crippen LogP contribution in [-0.4, -0.2) is 60.5 Å². The highest BCUT2D eigenvalue weighted by Gasteiger charge is 2.50. The molecule has 2 heterocycles. The van der Waals surface area contributed by atoms with E-state index in [2.05, 4.69) is 5.32 Å². The third-order valence-corrected chi connectivity index (χ3v) is 7.99. The van der Waals surface area contributed by atoms with E-state index in [1.165, 1.54) is 0 Å². The Balaban J connectivity index is 1.46. The van der Waals surface area contributed by atoms with E-state index in [1.54, 1.807) is 77.9 Å². The average Bonchev–Trinajstić information content (AvgIpc) is 3.40. The molecule has 3 aromatic carbocycles. The Labute approximate surface area is 280 Å². The van der Waals surface area contributed by atoms with Crippen LogP contribution in [0.15, 0.2) is 54.6 Å². The van der Waals surface area contributed by atoms with Crippen molar-refractivity contribution in [2.75, 3.05) is 26.4 Å². The summed E-state index contributed by atoms with van der Waals surface area (Å²) in [6.07, 6.45) is -0.387. The molecule has 0 fully saturated rings. The Morgan fingerprint density at radius 1 is 0.854 bits per heavy atom. The average molecular weight is 662 g/mol. The minimum Gasteiger partial charge on any atom is -0.456 e. The van der Waals surface area contributed by atoms with Gasteiger partial charge in [0.15, 0.2) is 5.60 Å². The van der Waals surface area contributed by atoms with Crippen LogP contribution in [0, 0.1) is 10.8 Å². The van der Waals surface area contributed by atoms with Gasteiger partial charge in [0.05, 0.1) is 30.7 Å². The van der Waals surface area contributed by atoms with Crippen LogP contribution < -0.4 is 19.5 Å². The molecule has 1 unspecified atom stereocenters. The largest absolute Gasteiger partial charge is 0.456 e. The Hall–Kier alpha value is -4.29. The van der Waals surface area contributed by atoms with Crippen LogP contribution in [0.25, 0.3) is 0 Å². The third-order valence-electron chi connectivity index (χ3n) is 7.99. The SMILES string of the molecule is CC(C)(C)C(=O)Oc1ccc2c(c1)Oc1cc(OC(=O)C(C)(C)C)ccc1C21OCc2cc(C(=O)NCCCOCC(O)CO)ccc21. The van der Waals surface area contributed by atoms with E-state index in [-0.39, 0.29) is 25.7 Å². The van der Waals surface area contributed by atoms with Crippen molar-refractivity contribution in [1.29, 1.82) is 0 Å². The smallest absolute Gasteiger partial charge is 0.316 e. The fraction of sp³-hybridized carbons (Fsp3) is 0.432. The van der Waals surface area contributed by atoms with E-state index in [1.807, 2.05) is 18.2 Å². The van der Waals surface area contributed by atoms with Gasteiger partial charge in [-0.15, -0.1) is 0 Å². The van der Waals surface area contributed by atoms with Crippen molar-refractivity contribution >= 4 is 17.8 Å². The second kappa shape index (κ2) is 13.7. The van der Waals surface area contributed by atoms with Gasteiger partial charge in [-0.25, -0.2) is 0 Å². The summed E-state index contributed by atoms with van der Waals surface area (Å²) in [6.45, 7) is 11.2. The molecule has 2 aliphatic rings. The number of benzene rings is 3. The molecule has 1 amide bonds. The summed E-state index contributed by atoms with van der Waals surface area (Å²) in [4.78, 5) is 38.4. The minimum atomic E-state index is -1.12. The van der Waals surface area contributed by atoms with Gasteiger partial charge >= 0.3 is 11.9 Å². The zero-order valence-corrected chi connectivity index (χ0v) is 28.2. The number of rotatable bonds is 10. The minimum absolute atomic E-state index is 0.0288. The Morgan fingerprint density at radius 2 is 1.42 bits per heavy atom. The lowest BCUT2D eigenvalue weighted by Crippen LogP contribution is -2.32. The molecule has 1 atom stereocenters. The second-order valence-electron chi connectivity index (χ2n) is 14.1. The number of hydrogen-bond acceptors (Lipinski definition) is 10. The van der Waals surface area contributed by atoms with Crippen molar-refractivity contribution in [1.82, 2.24) is 5.32 Å². The van der Waals surface area contributed by atoms with E-state index in [0.29, 0.717) is 59.3 Å². The van der Waals surface area contributed by atoms with Gasteiger partial charge < -0.3 is 39.2 Å². The maximum atomic E-state index is 13.0. The molecule has 48 heavy (non-hydrogen) atoms. The molecule has 0 radical (unpaired) electrons. The van der Waals surface area contributed by atoms with Crippen LogP contribution in [-0.2, 0) is 31.3 Å². The van der Waals surface area contributed by atoms with Gasteiger partial charge in [-0.05, 0) is 95.5 Å². The number of nitrogens with one attached hydrogen (secondary N) is 1. The Kier molecular flexibility index (Phi) is 9.98. The quantitative estimate of drug-likeness (QED) is 0.154. The number of aliphatic hydroxyl groups excluding tert-OH is 2. The zero-order chi connectivity index (χ0) is 34.9. The fourth-order valence-corrected chi connectivity index (χ4v) is 5.32. The first kappa shape index (κ1) is 35.0. The van der Waals surface area contributed by atoms with Crippen LogP contribution in [0.1, 0.15) is 80.6 Å². The molecule has 3 N–H and O–H groups in total. The Morgan fingerprint density at radius 3 is 1.96 bits per heavy atom. The van der Waals surface area contributed by atoms with Crippen molar-refractivity contribution in [3.8, 4) is 23.0 Å². The van der Waals surface area contributed by atoms with E-state index in [4.69, 9.17) is 28.8 Å². The van der Waals surface area contributed by atoms with Crippen LogP contribution >= 0.6 is 0 Å². The summed E-state index contributed by atoms with van der Waals surface area (Å²) in [5.74, 6) is 0.383. The van der Waals surface area contributed by atoms with E-state index in [0.717, 1.165) is 11.1 Å². The van der Waals surface area contributed by atoms with Gasteiger partial charge in [0.25, 0.3) is 5.91 Å². The highest BCUT2D eigenvalue weighted by Crippen LogP contribution is 2.57. The second-order valence-corrected chi connectivity index (χ2v) is 14.1. The highest BCUT2D eigenvalue weighted by molar-refractivity contribution is 5.94. The number of hydrogen-bond donors (Lipinski definition) is 3. The number of amides is 1. The zero-order valence-electron chi connectivity index (χ0n) is 28.2. The number of aliphatic hydroxyl groups is 2. The molecule has 2 aliphatic heterocycles. The molecule has 3 aromatic rings. The molecule has 11 heteroatoms. The number of esters is 2. The van der Waals surface area contributed by atoms with Gasteiger partial charge in [-0.2, -0.15) is 0 Å². The molecule has 0 aromatic heterocycles. The van der Waals surface area contributed by atoms with Gasteiger partial charge in [0.2, 0.25) is 0 Å². The first-order chi connectivity index (χ1) is 22.6. The molecule has 0 saturated heterocycles. The topological polar surface area (TPSA) is 150 Å². The predicted octanol–water partition coefficient (Wildman–Crippen LogP) is 5.01. The normalized spacial score (nSPS) is 15.1. The van der Waals surface area contributed by atoms with Crippen LogP contribution in [0.2, 0.25) is 0 Å². The fourth-order valence-electron chi connectivity index (χ4n) is 5.32. The molecule has 5 rings (SSSR count). The van der Waals surface area contributed by atoms with E-state index in [9.17, 15) is 19.5 Å². The standard InChI is InChI=1S/C37H43NO10/c1-35(2,3)33(42)46-25-9-12-28-30(17-25)48-31-18-26(47-34(43)36(4,5)6)10-13-29(31)37(28)27-11-8-22(16-23(27)20-45-37)32(41)38-14-7-15-44-21-24(40)19-39/h8-13,16-18,24,39-40H,7,14-15,19-21H2,1-6H3,(H,38,41). The third kappa shape index (κ3) is 7.24. The van der Waals surface area contributed by atoms with Gasteiger partial charge in [-0.1, -0.05) is 6.07 Å². The maximum Gasteiger partial charge on any atom is 0.316 e. The lowest BCUT2D eigenvalue weighted by atomic mass is 9.77. The predicted molar refractivity (Wildman–Crippen MR) is 175 cm³/mol. The van der Waals surface area contributed by atoms with Crippen molar-refractivity contribution in [2.45, 2.75) is 66.3 Å². The monoisotopic (exact) mass is 661 g/mol. The summed E-state index contributed by atoms with van der Waals surface area (Å²) in [7, 11) is 0. The molecule has 0 saturated carbocycles. The molecule has 0 aliphatic carbocycles. The summed E-state index contributed by atoms with van der Waals surface area (Å²) in [6, 6.07) is 15.8. The lowest BCUT2D eigenvalue weighted by molar-refractivity contribution is -0.143. The highest BCUT2D eigenvalue weighted by atomic mass is 16.5. The van der Waals surface area contributed by atoms with Crippen LogP contribution in [0.4, 0.5) is 0 Å². The number of carbonyl (C=O) groups excluding carboxylic acids is 3. The molecule has 11 nitrogen and oxygen atoms in total. The van der Waals surface area contributed by atoms with Crippen molar-refractivity contribution in [3.05, 3.63) is 82.4 Å².